The lowest BCUT2D eigenvalue weighted by Crippen LogP contribution is -2.61. The van der Waals surface area contributed by atoms with Gasteiger partial charge in [-0.05, 0) is 116 Å². The molecule has 12 nitrogen and oxygen atoms in total. The van der Waals surface area contributed by atoms with E-state index in [9.17, 15) is 34.5 Å². The Bertz CT molecular complexity index is 1930. The van der Waals surface area contributed by atoms with E-state index in [-0.39, 0.29) is 19.3 Å². The third-order valence-electron chi connectivity index (χ3n) is 12.4. The minimum absolute atomic E-state index is 0.0166. The molecule has 1 heterocycles. The van der Waals surface area contributed by atoms with Crippen LogP contribution in [0.15, 0.2) is 146 Å². The fourth-order valence-corrected chi connectivity index (χ4v) is 7.91. The van der Waals surface area contributed by atoms with Crippen molar-refractivity contribution in [3.63, 3.8) is 0 Å². The number of rotatable bonds is 48. The summed E-state index contributed by atoms with van der Waals surface area (Å²) in [5.74, 6) is -3.38. The SMILES string of the molecule is CC/C=C\C/C=C\C/C=C\C/C=C\C/C=C\C/C=C\CCC(=O)OCC(COC1OC(C(=O)O)C(O)C(O)C1OC(=O)CCCCCCCCC/C=C\C/C=C\CCCCC)OC(=O)CC/C=C\C/C=C\C/C=C\C/C=C\CC. The first kappa shape index (κ1) is 71.6. The van der Waals surface area contributed by atoms with Gasteiger partial charge in [-0.3, -0.25) is 14.4 Å². The zero-order valence-electron chi connectivity index (χ0n) is 48.5. The lowest BCUT2D eigenvalue weighted by atomic mass is 9.98. The molecule has 0 spiro atoms. The van der Waals surface area contributed by atoms with Crippen LogP contribution in [0.1, 0.15) is 201 Å². The summed E-state index contributed by atoms with van der Waals surface area (Å²) in [6, 6.07) is 0. The van der Waals surface area contributed by atoms with Crippen LogP contribution in [0.2, 0.25) is 0 Å². The molecule has 1 aliphatic rings. The van der Waals surface area contributed by atoms with Gasteiger partial charge in [0.15, 0.2) is 24.6 Å². The van der Waals surface area contributed by atoms with Crippen LogP contribution in [0.4, 0.5) is 0 Å². The number of esters is 3. The molecule has 1 saturated heterocycles. The zero-order chi connectivity index (χ0) is 57.5. The highest BCUT2D eigenvalue weighted by Crippen LogP contribution is 2.26. The van der Waals surface area contributed by atoms with Crippen LogP contribution in [0.3, 0.4) is 0 Å². The number of hydrogen-bond acceptors (Lipinski definition) is 11. The van der Waals surface area contributed by atoms with Gasteiger partial charge in [-0.15, -0.1) is 0 Å². The fourth-order valence-electron chi connectivity index (χ4n) is 7.91. The molecule has 1 aliphatic heterocycles. The number of carbonyl (C=O) groups excluding carboxylic acids is 3. The number of carboxylic acid groups (broad SMARTS) is 1. The van der Waals surface area contributed by atoms with E-state index in [0.29, 0.717) is 32.1 Å². The van der Waals surface area contributed by atoms with Crippen LogP contribution in [-0.2, 0) is 42.9 Å². The Morgan fingerprint density at radius 1 is 0.430 bits per heavy atom. The second-order valence-corrected chi connectivity index (χ2v) is 19.5. The Morgan fingerprint density at radius 3 is 1.27 bits per heavy atom. The number of aliphatic hydroxyl groups excluding tert-OH is 2. The second-order valence-electron chi connectivity index (χ2n) is 19.5. The highest BCUT2D eigenvalue weighted by molar-refractivity contribution is 5.74. The number of aliphatic hydroxyl groups is 2. The van der Waals surface area contributed by atoms with E-state index in [0.717, 1.165) is 109 Å². The van der Waals surface area contributed by atoms with Gasteiger partial charge in [0.2, 0.25) is 0 Å². The molecule has 0 amide bonds. The molecule has 3 N–H and O–H groups in total. The number of carbonyl (C=O) groups is 4. The van der Waals surface area contributed by atoms with Crippen molar-refractivity contribution in [3.8, 4) is 0 Å². The first-order valence-corrected chi connectivity index (χ1v) is 29.8. The summed E-state index contributed by atoms with van der Waals surface area (Å²) < 4.78 is 28.2. The smallest absolute Gasteiger partial charge is 0.335 e. The van der Waals surface area contributed by atoms with Crippen LogP contribution >= 0.6 is 0 Å². The largest absolute Gasteiger partial charge is 0.479 e. The molecule has 0 radical (unpaired) electrons. The fraction of sp³-hybridized carbons (Fsp3) is 0.582. The van der Waals surface area contributed by atoms with Crippen molar-refractivity contribution in [3.05, 3.63) is 146 Å². The second kappa shape index (κ2) is 53.3. The number of aliphatic carboxylic acids is 1. The summed E-state index contributed by atoms with van der Waals surface area (Å²) in [6.07, 6.45) is 64.2. The Morgan fingerprint density at radius 2 is 0.823 bits per heavy atom. The molecule has 442 valence electrons. The number of carboxylic acids is 1. The lowest BCUT2D eigenvalue weighted by molar-refractivity contribution is -0.301. The van der Waals surface area contributed by atoms with Gasteiger partial charge in [-0.25, -0.2) is 4.79 Å². The normalized spacial score (nSPS) is 18.9. The maximum atomic E-state index is 13.1. The quantitative estimate of drug-likeness (QED) is 0.0228. The predicted molar refractivity (Wildman–Crippen MR) is 321 cm³/mol. The van der Waals surface area contributed by atoms with E-state index < -0.39 is 73.9 Å². The number of hydrogen-bond donors (Lipinski definition) is 3. The molecule has 0 aliphatic carbocycles. The Labute approximate surface area is 476 Å². The Balaban J connectivity index is 2.77. The number of ether oxygens (including phenoxy) is 5. The van der Waals surface area contributed by atoms with Crippen LogP contribution in [-0.4, -0.2) is 89.2 Å². The van der Waals surface area contributed by atoms with Crippen LogP contribution < -0.4 is 0 Å². The Hall–Kier alpha value is -5.40. The summed E-state index contributed by atoms with van der Waals surface area (Å²) in [6.45, 7) is 5.59. The average molecular weight is 1100 g/mol. The van der Waals surface area contributed by atoms with Gasteiger partial charge >= 0.3 is 23.9 Å². The monoisotopic (exact) mass is 1100 g/mol. The maximum Gasteiger partial charge on any atom is 0.335 e. The van der Waals surface area contributed by atoms with Gasteiger partial charge in [-0.2, -0.15) is 0 Å². The third-order valence-corrected chi connectivity index (χ3v) is 12.4. The molecular formula is C67H102O12. The summed E-state index contributed by atoms with van der Waals surface area (Å²) in [5, 5.41) is 31.5. The summed E-state index contributed by atoms with van der Waals surface area (Å²) >= 11 is 0. The maximum absolute atomic E-state index is 13.1. The highest BCUT2D eigenvalue weighted by atomic mass is 16.7. The molecule has 0 aromatic carbocycles. The van der Waals surface area contributed by atoms with E-state index in [1.807, 2.05) is 30.4 Å². The van der Waals surface area contributed by atoms with Gasteiger partial charge in [-0.1, -0.05) is 212 Å². The molecule has 0 saturated carbocycles. The third kappa shape index (κ3) is 43.1. The van der Waals surface area contributed by atoms with Crippen LogP contribution in [0.25, 0.3) is 0 Å². The molecule has 0 bridgehead atoms. The first-order valence-electron chi connectivity index (χ1n) is 29.8. The zero-order valence-corrected chi connectivity index (χ0v) is 48.5. The molecule has 1 rings (SSSR count). The van der Waals surface area contributed by atoms with Gasteiger partial charge in [0.05, 0.1) is 6.61 Å². The summed E-state index contributed by atoms with van der Waals surface area (Å²) in [4.78, 5) is 51.1. The van der Waals surface area contributed by atoms with E-state index in [1.54, 1.807) is 0 Å². The minimum atomic E-state index is -1.93. The van der Waals surface area contributed by atoms with E-state index in [2.05, 4.69) is 136 Å². The van der Waals surface area contributed by atoms with Crippen molar-refractivity contribution < 1.29 is 58.2 Å². The standard InChI is InChI=1S/C67H102O12/c1-4-7-10-13-16-19-22-25-27-29-30-32-33-36-38-41-44-47-50-53-59(68)75-56-58(77-60(69)54-51-48-45-42-39-35-24-21-18-15-12-9-6-3)57-76-67-65(63(72)62(71)64(79-67)66(73)74)78-61(70)55-52-49-46-43-40-37-34-31-28-26-23-20-17-14-11-8-5-2/h7,9-10,12,16-21,25-28,30,32,35-36,38-39,44-45,47-48,58,62-65,67,71-72H,4-6,8,11,13-15,22-24,29,31,33-34,37,40-43,46,49-57H2,1-3H3,(H,73,74)/b10-7-,12-9-,19-16-,20-17-,21-18-,27-25-,28-26-,32-30-,38-36-,39-35-,47-44-,48-45-. The first-order chi connectivity index (χ1) is 38.6. The number of allylic oxidation sites excluding steroid dienone is 24. The molecule has 6 atom stereocenters. The van der Waals surface area contributed by atoms with Gasteiger partial charge < -0.3 is 39.0 Å². The molecule has 79 heavy (non-hydrogen) atoms. The average Bonchev–Trinajstić information content (AvgIpc) is 3.47. The van der Waals surface area contributed by atoms with Crippen molar-refractivity contribution in [1.82, 2.24) is 0 Å². The lowest BCUT2D eigenvalue weighted by Gasteiger charge is -2.40. The van der Waals surface area contributed by atoms with E-state index in [1.165, 1.54) is 19.3 Å². The van der Waals surface area contributed by atoms with Crippen molar-refractivity contribution in [1.29, 1.82) is 0 Å². The van der Waals surface area contributed by atoms with Crippen molar-refractivity contribution >= 4 is 23.9 Å². The van der Waals surface area contributed by atoms with Gasteiger partial charge in [0.1, 0.15) is 18.8 Å². The molecular weight excluding hydrogens is 997 g/mol. The van der Waals surface area contributed by atoms with Crippen molar-refractivity contribution in [2.24, 2.45) is 0 Å². The van der Waals surface area contributed by atoms with Crippen LogP contribution in [0.5, 0.6) is 0 Å². The van der Waals surface area contributed by atoms with Gasteiger partial charge in [0.25, 0.3) is 0 Å². The van der Waals surface area contributed by atoms with Crippen molar-refractivity contribution in [2.75, 3.05) is 13.2 Å². The summed E-state index contributed by atoms with van der Waals surface area (Å²) in [5.41, 5.74) is 0. The molecule has 0 aromatic heterocycles. The highest BCUT2D eigenvalue weighted by Gasteiger charge is 2.50. The molecule has 0 aromatic rings. The Kier molecular flexibility index (Phi) is 48.3. The van der Waals surface area contributed by atoms with Crippen LogP contribution in [0, 0.1) is 0 Å². The number of unbranched alkanes of at least 4 members (excludes halogenated alkanes) is 10. The van der Waals surface area contributed by atoms with E-state index >= 15 is 0 Å². The van der Waals surface area contributed by atoms with Gasteiger partial charge in [0, 0.05) is 19.3 Å². The molecule has 6 unspecified atom stereocenters. The molecule has 1 fully saturated rings. The van der Waals surface area contributed by atoms with E-state index in [4.69, 9.17) is 23.7 Å². The predicted octanol–water partition coefficient (Wildman–Crippen LogP) is 15.6. The summed E-state index contributed by atoms with van der Waals surface area (Å²) in [7, 11) is 0. The van der Waals surface area contributed by atoms with Crippen molar-refractivity contribution in [2.45, 2.75) is 237 Å². The topological polar surface area (TPSA) is 175 Å². The molecule has 12 heteroatoms. The minimum Gasteiger partial charge on any atom is -0.479 e.